The number of hydrogen-bond acceptors (Lipinski definition) is 5. The first-order chi connectivity index (χ1) is 7.65. The maximum absolute atomic E-state index is 8.68. The summed E-state index contributed by atoms with van der Waals surface area (Å²) in [5.74, 6) is 1.33. The maximum atomic E-state index is 8.68. The van der Waals surface area contributed by atoms with Gasteiger partial charge in [-0.25, -0.2) is 4.98 Å². The van der Waals surface area contributed by atoms with E-state index < -0.39 is 0 Å². The second kappa shape index (κ2) is 6.81. The average molecular weight is 243 g/mol. The first-order valence-corrected chi connectivity index (χ1v) is 6.58. The van der Waals surface area contributed by atoms with E-state index in [1.165, 1.54) is 11.5 Å². The first kappa shape index (κ1) is 13.4. The number of anilines is 1. The van der Waals surface area contributed by atoms with Crippen LogP contribution in [-0.2, 0) is 0 Å². The lowest BCUT2D eigenvalue weighted by Gasteiger charge is -2.14. The van der Waals surface area contributed by atoms with Crippen LogP contribution in [0.3, 0.4) is 0 Å². The Hall–Kier alpha value is -0.680. The van der Waals surface area contributed by atoms with Crippen molar-refractivity contribution < 1.29 is 5.11 Å². The van der Waals surface area contributed by atoms with Crippen molar-refractivity contribution in [2.24, 2.45) is 0 Å². The molecule has 0 radical (unpaired) electrons. The van der Waals surface area contributed by atoms with Gasteiger partial charge in [0, 0.05) is 37.6 Å². The van der Waals surface area contributed by atoms with Gasteiger partial charge in [0.1, 0.15) is 5.82 Å². The molecule has 1 N–H and O–H groups in total. The van der Waals surface area contributed by atoms with Gasteiger partial charge in [-0.3, -0.25) is 0 Å². The van der Waals surface area contributed by atoms with Gasteiger partial charge < -0.3 is 10.0 Å². The third-order valence-electron chi connectivity index (χ3n) is 2.43. The highest BCUT2D eigenvalue weighted by molar-refractivity contribution is 7.09. The number of rotatable bonds is 7. The number of nitrogens with zero attached hydrogens (tertiary/aromatic N) is 3. The van der Waals surface area contributed by atoms with Gasteiger partial charge in [-0.2, -0.15) is 4.37 Å². The van der Waals surface area contributed by atoms with Crippen molar-refractivity contribution in [3.63, 3.8) is 0 Å². The molecule has 4 nitrogen and oxygen atoms in total. The molecule has 1 aromatic rings. The van der Waals surface area contributed by atoms with E-state index in [1.54, 1.807) is 0 Å². The third-order valence-corrected chi connectivity index (χ3v) is 3.27. The summed E-state index contributed by atoms with van der Waals surface area (Å²) in [4.78, 5) is 6.63. The largest absolute Gasteiger partial charge is 0.396 e. The number of aliphatic hydroxyl groups excluding tert-OH is 1. The summed E-state index contributed by atoms with van der Waals surface area (Å²) in [6, 6.07) is 0. The van der Waals surface area contributed by atoms with Crippen molar-refractivity contribution in [2.45, 2.75) is 39.0 Å². The van der Waals surface area contributed by atoms with Crippen molar-refractivity contribution in [3.8, 4) is 0 Å². The Bertz CT molecular complexity index is 301. The highest BCUT2D eigenvalue weighted by Crippen LogP contribution is 2.20. The molecule has 0 bridgehead atoms. The van der Waals surface area contributed by atoms with Crippen molar-refractivity contribution >= 4 is 16.7 Å². The minimum absolute atomic E-state index is 0.292. The van der Waals surface area contributed by atoms with Gasteiger partial charge in [-0.05, 0) is 19.3 Å². The molecule has 1 rings (SSSR count). The lowest BCUT2D eigenvalue weighted by Crippen LogP contribution is -2.18. The Morgan fingerprint density at radius 1 is 1.31 bits per heavy atom. The normalized spacial score (nSPS) is 11.1. The van der Waals surface area contributed by atoms with Gasteiger partial charge in [-0.1, -0.05) is 13.8 Å². The maximum Gasteiger partial charge on any atom is 0.204 e. The number of hydrogen-bond donors (Lipinski definition) is 1. The van der Waals surface area contributed by atoms with E-state index in [4.69, 9.17) is 5.11 Å². The van der Waals surface area contributed by atoms with Gasteiger partial charge in [0.15, 0.2) is 0 Å². The van der Waals surface area contributed by atoms with Crippen molar-refractivity contribution in [2.75, 3.05) is 25.1 Å². The second-order valence-electron chi connectivity index (χ2n) is 4.30. The molecule has 0 amide bonds. The molecule has 1 aromatic heterocycles. The molecule has 0 unspecified atom stereocenters. The summed E-state index contributed by atoms with van der Waals surface area (Å²) >= 11 is 1.47. The van der Waals surface area contributed by atoms with Gasteiger partial charge in [0.25, 0.3) is 0 Å². The van der Waals surface area contributed by atoms with Gasteiger partial charge in [0.2, 0.25) is 5.13 Å². The molecule has 0 spiro atoms. The van der Waals surface area contributed by atoms with Gasteiger partial charge in [-0.15, -0.1) is 0 Å². The molecule has 0 aliphatic carbocycles. The Balaban J connectivity index is 2.37. The highest BCUT2D eigenvalue weighted by atomic mass is 32.1. The summed E-state index contributed by atoms with van der Waals surface area (Å²) in [5, 5.41) is 9.67. The van der Waals surface area contributed by atoms with Crippen LogP contribution < -0.4 is 4.90 Å². The van der Waals surface area contributed by atoms with E-state index in [2.05, 4.69) is 28.1 Å². The van der Waals surface area contributed by atoms with E-state index in [9.17, 15) is 0 Å². The zero-order valence-electron chi connectivity index (χ0n) is 10.3. The predicted molar refractivity (Wildman–Crippen MR) is 68.2 cm³/mol. The van der Waals surface area contributed by atoms with Gasteiger partial charge in [0.05, 0.1) is 0 Å². The molecular formula is C11H21N3OS. The number of unbranched alkanes of at least 4 members (excludes halogenated alkanes) is 2. The van der Waals surface area contributed by atoms with Crippen LogP contribution in [0.4, 0.5) is 5.13 Å². The van der Waals surface area contributed by atoms with Crippen LogP contribution in [0.25, 0.3) is 0 Å². The molecule has 0 aliphatic rings. The molecule has 92 valence electrons. The monoisotopic (exact) mass is 243 g/mol. The Morgan fingerprint density at radius 2 is 2.06 bits per heavy atom. The van der Waals surface area contributed by atoms with Crippen molar-refractivity contribution in [3.05, 3.63) is 5.82 Å². The molecule has 16 heavy (non-hydrogen) atoms. The third kappa shape index (κ3) is 4.06. The van der Waals surface area contributed by atoms with Crippen LogP contribution in [-0.4, -0.2) is 34.7 Å². The molecule has 0 aliphatic heterocycles. The average Bonchev–Trinajstić information content (AvgIpc) is 2.73. The van der Waals surface area contributed by atoms with Crippen LogP contribution in [0.5, 0.6) is 0 Å². The first-order valence-electron chi connectivity index (χ1n) is 5.80. The molecule has 1 heterocycles. The fourth-order valence-electron chi connectivity index (χ4n) is 1.35. The molecule has 0 saturated carbocycles. The second-order valence-corrected chi connectivity index (χ2v) is 5.03. The lowest BCUT2D eigenvalue weighted by molar-refractivity contribution is 0.283. The minimum Gasteiger partial charge on any atom is -0.396 e. The molecule has 5 heteroatoms. The van der Waals surface area contributed by atoms with Crippen LogP contribution >= 0.6 is 11.5 Å². The lowest BCUT2D eigenvalue weighted by atomic mass is 10.2. The molecular weight excluding hydrogens is 222 g/mol. The highest BCUT2D eigenvalue weighted by Gasteiger charge is 2.10. The van der Waals surface area contributed by atoms with Gasteiger partial charge >= 0.3 is 0 Å². The van der Waals surface area contributed by atoms with E-state index in [1.807, 2.05) is 7.05 Å². The van der Waals surface area contributed by atoms with Crippen LogP contribution in [0, 0.1) is 0 Å². The predicted octanol–water partition coefficient (Wildman–Crippen LogP) is 2.26. The smallest absolute Gasteiger partial charge is 0.204 e. The zero-order valence-corrected chi connectivity index (χ0v) is 11.1. The summed E-state index contributed by atoms with van der Waals surface area (Å²) < 4.78 is 4.33. The van der Waals surface area contributed by atoms with Crippen molar-refractivity contribution in [1.29, 1.82) is 0 Å². The van der Waals surface area contributed by atoms with E-state index in [-0.39, 0.29) is 0 Å². The van der Waals surface area contributed by atoms with E-state index in [0.29, 0.717) is 12.5 Å². The summed E-state index contributed by atoms with van der Waals surface area (Å²) in [6.45, 7) is 5.48. The van der Waals surface area contributed by atoms with E-state index >= 15 is 0 Å². The molecule has 0 aromatic carbocycles. The molecule has 0 atom stereocenters. The summed E-state index contributed by atoms with van der Waals surface area (Å²) in [5.41, 5.74) is 0. The topological polar surface area (TPSA) is 49.2 Å². The van der Waals surface area contributed by atoms with Crippen molar-refractivity contribution in [1.82, 2.24) is 9.36 Å². The Kier molecular flexibility index (Phi) is 5.69. The quantitative estimate of drug-likeness (QED) is 0.746. The summed E-state index contributed by atoms with van der Waals surface area (Å²) in [6.07, 6.45) is 3.05. The van der Waals surface area contributed by atoms with E-state index in [0.717, 1.165) is 36.8 Å². The fraction of sp³-hybridized carbons (Fsp3) is 0.818. The Morgan fingerprint density at radius 3 is 2.62 bits per heavy atom. The molecule has 0 saturated heterocycles. The standard InChI is InChI=1S/C11H21N3OS/c1-9(2)10-12-11(16-13-10)14(3)7-5-4-6-8-15/h9,15H,4-8H2,1-3H3. The summed E-state index contributed by atoms with van der Waals surface area (Å²) in [7, 11) is 2.05. The SMILES string of the molecule is CC(C)c1nsc(N(C)CCCCCO)n1. The zero-order chi connectivity index (χ0) is 12.0. The fourth-order valence-corrected chi connectivity index (χ4v) is 2.14. The van der Waals surface area contributed by atoms with Crippen LogP contribution in [0.15, 0.2) is 0 Å². The Labute approximate surface area is 101 Å². The molecule has 0 fully saturated rings. The number of aromatic nitrogens is 2. The minimum atomic E-state index is 0.292. The number of aliphatic hydroxyl groups is 1. The van der Waals surface area contributed by atoms with Crippen LogP contribution in [0.2, 0.25) is 0 Å². The van der Waals surface area contributed by atoms with Crippen LogP contribution in [0.1, 0.15) is 44.9 Å².